The lowest BCUT2D eigenvalue weighted by Gasteiger charge is -2.31. The van der Waals surface area contributed by atoms with Crippen molar-refractivity contribution in [2.75, 3.05) is 18.1 Å². The first-order valence-electron chi connectivity index (χ1n) is 15.7. The molecule has 3 aromatic rings. The number of carboxylic acid groups (broad SMARTS) is 1. The zero-order valence-electron chi connectivity index (χ0n) is 25.6. The number of aliphatic carboxylic acids is 1. The van der Waals surface area contributed by atoms with E-state index in [1.54, 1.807) is 0 Å². The fourth-order valence-corrected chi connectivity index (χ4v) is 6.31. The highest BCUT2D eigenvalue weighted by Crippen LogP contribution is 2.36. The van der Waals surface area contributed by atoms with Crippen LogP contribution in [0.25, 0.3) is 11.1 Å². The molecule has 5 rings (SSSR count). The number of aryl methyl sites for hydroxylation is 1. The van der Waals surface area contributed by atoms with Crippen LogP contribution in [0.5, 0.6) is 5.75 Å². The second-order valence-electron chi connectivity index (χ2n) is 11.9. The topological polar surface area (TPSA) is 105 Å². The number of alkyl carbamates (subject to hydrolysis) is 1. The smallest absolute Gasteiger partial charge is 0.407 e. The van der Waals surface area contributed by atoms with Crippen LogP contribution in [0.15, 0.2) is 60.7 Å². The summed E-state index contributed by atoms with van der Waals surface area (Å²) in [6.07, 6.45) is 4.92. The molecule has 1 fully saturated rings. The molecule has 0 saturated heterocycles. The van der Waals surface area contributed by atoms with Gasteiger partial charge in [-0.25, -0.2) is 4.79 Å². The highest BCUT2D eigenvalue weighted by molar-refractivity contribution is 5.96. The molecule has 2 atom stereocenters. The Hall–Kier alpha value is -4.33. The Kier molecular flexibility index (Phi) is 10.2. The van der Waals surface area contributed by atoms with E-state index in [1.807, 2.05) is 53.4 Å². The average molecular weight is 599 g/mol. The predicted molar refractivity (Wildman–Crippen MR) is 170 cm³/mol. The molecule has 2 amide bonds. The molecule has 44 heavy (non-hydrogen) atoms. The number of hydrogen-bond donors (Lipinski definition) is 2. The number of hydrogen-bond acceptors (Lipinski definition) is 5. The van der Waals surface area contributed by atoms with E-state index in [2.05, 4.69) is 31.3 Å². The van der Waals surface area contributed by atoms with E-state index in [9.17, 15) is 19.5 Å². The third-order valence-corrected chi connectivity index (χ3v) is 8.85. The van der Waals surface area contributed by atoms with Crippen LogP contribution in [0.2, 0.25) is 0 Å². The number of ether oxygens (including phenoxy) is 2. The molecule has 2 unspecified atom stereocenters. The molecule has 2 aliphatic rings. The van der Waals surface area contributed by atoms with Gasteiger partial charge in [0.1, 0.15) is 12.4 Å². The van der Waals surface area contributed by atoms with Crippen molar-refractivity contribution in [1.82, 2.24) is 5.32 Å². The van der Waals surface area contributed by atoms with Gasteiger partial charge in [0.15, 0.2) is 0 Å². The van der Waals surface area contributed by atoms with Gasteiger partial charge in [-0.15, -0.1) is 0 Å². The molecular weight excluding hydrogens is 556 g/mol. The summed E-state index contributed by atoms with van der Waals surface area (Å²) >= 11 is 0. The molecule has 232 valence electrons. The van der Waals surface area contributed by atoms with E-state index in [-0.39, 0.29) is 18.6 Å². The summed E-state index contributed by atoms with van der Waals surface area (Å²) < 4.78 is 11.5. The Labute approximate surface area is 259 Å². The molecule has 3 aromatic carbocycles. The largest absolute Gasteiger partial charge is 0.493 e. The van der Waals surface area contributed by atoms with Crippen LogP contribution < -0.4 is 15.0 Å². The van der Waals surface area contributed by atoms with Crippen LogP contribution in [0, 0.1) is 19.8 Å². The van der Waals surface area contributed by atoms with E-state index >= 15 is 0 Å². The standard InChI is InChI=1S/C36H42N2O6/c1-24-9-3-17-33(25(24)2)43-20-8-18-34(39)38-19-7-15-31-30(14-6-16-32(31)38)27-11-4-10-26(21-27)23-44-36(42)37-29-13-5-12-28(22-29)35(40)41/h3-4,6,9-11,14,16-17,21,28-29H,5,7-8,12-13,15,18-20,22-23H2,1-2H3,(H,37,42)(H,40,41). The summed E-state index contributed by atoms with van der Waals surface area (Å²) in [6, 6.07) is 19.9. The van der Waals surface area contributed by atoms with Gasteiger partial charge in [0.05, 0.1) is 12.5 Å². The number of benzene rings is 3. The Bertz CT molecular complexity index is 1500. The summed E-state index contributed by atoms with van der Waals surface area (Å²) in [5.41, 5.74) is 7.37. The molecule has 0 aromatic heterocycles. The van der Waals surface area contributed by atoms with Crippen LogP contribution in [-0.4, -0.2) is 42.3 Å². The summed E-state index contributed by atoms with van der Waals surface area (Å²) in [6.45, 7) is 5.42. The zero-order valence-corrected chi connectivity index (χ0v) is 25.6. The second-order valence-corrected chi connectivity index (χ2v) is 11.9. The first-order valence-corrected chi connectivity index (χ1v) is 15.7. The van der Waals surface area contributed by atoms with Crippen LogP contribution in [-0.2, 0) is 27.4 Å². The van der Waals surface area contributed by atoms with Crippen LogP contribution in [0.3, 0.4) is 0 Å². The van der Waals surface area contributed by atoms with Gasteiger partial charge in [-0.2, -0.15) is 0 Å². The van der Waals surface area contributed by atoms with Crippen LogP contribution in [0.1, 0.15) is 67.2 Å². The minimum absolute atomic E-state index is 0.105. The van der Waals surface area contributed by atoms with Crippen LogP contribution in [0.4, 0.5) is 10.5 Å². The second kappa shape index (κ2) is 14.4. The Morgan fingerprint density at radius 3 is 2.66 bits per heavy atom. The predicted octanol–water partition coefficient (Wildman–Crippen LogP) is 6.98. The molecule has 2 N–H and O–H groups in total. The highest BCUT2D eigenvalue weighted by atomic mass is 16.5. The summed E-state index contributed by atoms with van der Waals surface area (Å²) in [4.78, 5) is 39.1. The average Bonchev–Trinajstić information content (AvgIpc) is 3.03. The fraction of sp³-hybridized carbons (Fsp3) is 0.417. The van der Waals surface area contributed by atoms with Gasteiger partial charge in [-0.1, -0.05) is 48.9 Å². The van der Waals surface area contributed by atoms with E-state index in [0.29, 0.717) is 38.8 Å². The van der Waals surface area contributed by atoms with Gasteiger partial charge in [0, 0.05) is 24.7 Å². The van der Waals surface area contributed by atoms with Crippen molar-refractivity contribution >= 4 is 23.7 Å². The summed E-state index contributed by atoms with van der Waals surface area (Å²) in [7, 11) is 0. The molecule has 1 aliphatic heterocycles. The Balaban J connectivity index is 1.19. The maximum absolute atomic E-state index is 13.3. The lowest BCUT2D eigenvalue weighted by atomic mass is 9.86. The van der Waals surface area contributed by atoms with Crippen molar-refractivity contribution in [2.24, 2.45) is 5.92 Å². The first-order chi connectivity index (χ1) is 21.3. The number of nitrogens with one attached hydrogen (secondary N) is 1. The number of carbonyl (C=O) groups excluding carboxylic acids is 2. The molecule has 1 saturated carbocycles. The van der Waals surface area contributed by atoms with Gasteiger partial charge in [0.2, 0.25) is 5.91 Å². The highest BCUT2D eigenvalue weighted by Gasteiger charge is 2.28. The molecule has 0 radical (unpaired) electrons. The number of carbonyl (C=O) groups is 3. The number of rotatable bonds is 10. The lowest BCUT2D eigenvalue weighted by molar-refractivity contribution is -0.143. The molecule has 8 nitrogen and oxygen atoms in total. The van der Waals surface area contributed by atoms with Gasteiger partial charge >= 0.3 is 12.1 Å². The number of amides is 2. The van der Waals surface area contributed by atoms with Crippen molar-refractivity contribution in [3.05, 3.63) is 82.9 Å². The fourth-order valence-electron chi connectivity index (χ4n) is 6.31. The molecule has 1 heterocycles. The maximum atomic E-state index is 13.3. The van der Waals surface area contributed by atoms with Gasteiger partial charge < -0.3 is 24.8 Å². The van der Waals surface area contributed by atoms with Gasteiger partial charge in [0.25, 0.3) is 0 Å². The Morgan fingerprint density at radius 1 is 1.00 bits per heavy atom. The SMILES string of the molecule is Cc1cccc(OCCCC(=O)N2CCCc3c(-c4cccc(COC(=O)NC5CCCC(C(=O)O)C5)c4)cccc32)c1C. The van der Waals surface area contributed by atoms with E-state index < -0.39 is 18.0 Å². The number of fused-ring (bicyclic) bond motifs is 1. The Morgan fingerprint density at radius 2 is 1.82 bits per heavy atom. The molecule has 0 bridgehead atoms. The minimum atomic E-state index is -0.809. The van der Waals surface area contributed by atoms with Crippen molar-refractivity contribution in [1.29, 1.82) is 0 Å². The molecule has 8 heteroatoms. The van der Waals surface area contributed by atoms with Crippen molar-refractivity contribution < 1.29 is 29.0 Å². The number of nitrogens with zero attached hydrogens (tertiary/aromatic N) is 1. The monoisotopic (exact) mass is 598 g/mol. The van der Waals surface area contributed by atoms with Crippen molar-refractivity contribution in [2.45, 2.75) is 77.9 Å². The normalized spacial score (nSPS) is 17.8. The summed E-state index contributed by atoms with van der Waals surface area (Å²) in [5, 5.41) is 12.1. The van der Waals surface area contributed by atoms with Crippen molar-refractivity contribution in [3.63, 3.8) is 0 Å². The van der Waals surface area contributed by atoms with Gasteiger partial charge in [-0.3, -0.25) is 9.59 Å². The molecule has 1 aliphatic carbocycles. The van der Waals surface area contributed by atoms with Gasteiger partial charge in [-0.05, 0) is 104 Å². The molecular formula is C36H42N2O6. The third-order valence-electron chi connectivity index (χ3n) is 8.85. The number of anilines is 1. The quantitative estimate of drug-likeness (QED) is 0.244. The number of carboxylic acids is 1. The minimum Gasteiger partial charge on any atom is -0.493 e. The van der Waals surface area contributed by atoms with Crippen LogP contribution >= 0.6 is 0 Å². The van der Waals surface area contributed by atoms with E-state index in [0.717, 1.165) is 64.9 Å². The molecule has 0 spiro atoms. The summed E-state index contributed by atoms with van der Waals surface area (Å²) in [5.74, 6) is -0.253. The van der Waals surface area contributed by atoms with E-state index in [1.165, 1.54) is 5.56 Å². The first kappa shape index (κ1) is 31.1. The third kappa shape index (κ3) is 7.59. The maximum Gasteiger partial charge on any atom is 0.407 e. The van der Waals surface area contributed by atoms with Crippen molar-refractivity contribution in [3.8, 4) is 16.9 Å². The lowest BCUT2D eigenvalue weighted by Crippen LogP contribution is -2.40. The van der Waals surface area contributed by atoms with E-state index in [4.69, 9.17) is 9.47 Å². The zero-order chi connectivity index (χ0) is 31.1.